The first-order chi connectivity index (χ1) is 17.5. The number of pyridine rings is 1. The highest BCUT2D eigenvalue weighted by Gasteiger charge is 2.40. The van der Waals surface area contributed by atoms with Crippen LogP contribution < -0.4 is 16.8 Å². The number of halogens is 2. The Morgan fingerprint density at radius 2 is 2.14 bits per heavy atom. The minimum absolute atomic E-state index is 0.0254. The molecule has 37 heavy (non-hydrogen) atoms. The maximum atomic E-state index is 13.5. The van der Waals surface area contributed by atoms with Crippen molar-refractivity contribution in [2.45, 2.75) is 39.8 Å². The monoisotopic (exact) mass is 544 g/mol. The van der Waals surface area contributed by atoms with Gasteiger partial charge < -0.3 is 15.5 Å². The van der Waals surface area contributed by atoms with Gasteiger partial charge in [0.25, 0.3) is 0 Å². The number of primary amides is 1. The third-order valence-corrected chi connectivity index (χ3v) is 8.63. The van der Waals surface area contributed by atoms with E-state index in [4.69, 9.17) is 21.8 Å². The van der Waals surface area contributed by atoms with Gasteiger partial charge in [-0.2, -0.15) is 0 Å². The van der Waals surface area contributed by atoms with Gasteiger partial charge in [-0.15, -0.1) is 0 Å². The lowest BCUT2D eigenvalue weighted by Gasteiger charge is -2.32. The molecule has 0 saturated heterocycles. The molecule has 5 rings (SSSR count). The van der Waals surface area contributed by atoms with Gasteiger partial charge in [0.05, 0.1) is 50.7 Å². The molecule has 2 aliphatic heterocycles. The molecule has 3 unspecified atom stereocenters. The van der Waals surface area contributed by atoms with E-state index in [1.54, 1.807) is 18.2 Å². The number of amides is 1. The Morgan fingerprint density at radius 3 is 2.81 bits per heavy atom. The zero-order valence-corrected chi connectivity index (χ0v) is 22.1. The number of hydrogen-bond acceptors (Lipinski definition) is 6. The first-order valence-electron chi connectivity index (χ1n) is 11.9. The number of rotatable bonds is 6. The molecule has 1 amide bonds. The standard InChI is InChI=1S/C26H26ClFN4O4S/c1-12(2)6-18-22(25(29)33)21(24-23(31-18)13(3)11-37(24)35)14-4-5-19-20(7-14)36-26(34)32(19)10-15-8-16(27)17(28)9-30-15/h4-5,7-9,12-13,18,31H,6,10-11H2,1-3H3,(H2,29,33). The summed E-state index contributed by atoms with van der Waals surface area (Å²) >= 11 is 5.86. The SMILES string of the molecule is CC(C)CC1NC2=C(C(c3ccc4c(c3)oc(=O)n4Cc3cc(Cl)c(F)cn3)=C1C(N)=O)S(=O)CC2C. The summed E-state index contributed by atoms with van der Waals surface area (Å²) in [4.78, 5) is 30.1. The smallest absolute Gasteiger partial charge is 0.408 e. The number of hydrogen-bond donors (Lipinski definition) is 2. The highest BCUT2D eigenvalue weighted by Crippen LogP contribution is 2.43. The van der Waals surface area contributed by atoms with Gasteiger partial charge in [-0.1, -0.05) is 38.4 Å². The molecule has 0 aliphatic carbocycles. The normalized spacial score (nSPS) is 21.6. The molecule has 4 heterocycles. The number of benzene rings is 1. The first kappa shape index (κ1) is 25.4. The van der Waals surface area contributed by atoms with Crippen molar-refractivity contribution in [1.82, 2.24) is 14.9 Å². The number of carbonyl (C=O) groups excluding carboxylic acids is 1. The number of carbonyl (C=O) groups is 1. The fraction of sp³-hybridized carbons (Fsp3) is 0.346. The summed E-state index contributed by atoms with van der Waals surface area (Å²) in [6, 6.07) is 6.16. The number of allylic oxidation sites excluding steroid dienone is 2. The van der Waals surface area contributed by atoms with Crippen molar-refractivity contribution < 1.29 is 17.8 Å². The molecule has 0 bridgehead atoms. The Balaban J connectivity index is 1.65. The second-order valence-corrected chi connectivity index (χ2v) is 11.7. The van der Waals surface area contributed by atoms with E-state index in [0.29, 0.717) is 45.0 Å². The number of nitrogens with one attached hydrogen (secondary N) is 1. The Kier molecular flexibility index (Phi) is 6.57. The molecule has 3 aromatic rings. The second kappa shape index (κ2) is 9.57. The minimum atomic E-state index is -1.33. The lowest BCUT2D eigenvalue weighted by Crippen LogP contribution is -2.41. The van der Waals surface area contributed by atoms with Crippen LogP contribution in [0.3, 0.4) is 0 Å². The molecule has 0 saturated carbocycles. The van der Waals surface area contributed by atoms with E-state index in [0.717, 1.165) is 11.9 Å². The van der Waals surface area contributed by atoms with Crippen LogP contribution in [0.2, 0.25) is 5.02 Å². The van der Waals surface area contributed by atoms with Crippen molar-refractivity contribution in [3.63, 3.8) is 0 Å². The van der Waals surface area contributed by atoms with Crippen LogP contribution in [0.25, 0.3) is 16.7 Å². The maximum absolute atomic E-state index is 13.5. The molecule has 194 valence electrons. The van der Waals surface area contributed by atoms with Crippen molar-refractivity contribution in [3.8, 4) is 0 Å². The zero-order chi connectivity index (χ0) is 26.6. The number of nitrogens with zero attached hydrogens (tertiary/aromatic N) is 2. The average molecular weight is 545 g/mol. The van der Waals surface area contributed by atoms with Crippen LogP contribution in [-0.2, 0) is 22.1 Å². The van der Waals surface area contributed by atoms with Crippen LogP contribution in [-0.4, -0.2) is 31.5 Å². The van der Waals surface area contributed by atoms with Gasteiger partial charge in [-0.25, -0.2) is 9.18 Å². The molecule has 8 nitrogen and oxygen atoms in total. The van der Waals surface area contributed by atoms with Crippen LogP contribution in [0, 0.1) is 17.7 Å². The quantitative estimate of drug-likeness (QED) is 0.488. The van der Waals surface area contributed by atoms with E-state index in [2.05, 4.69) is 24.1 Å². The molecule has 3 atom stereocenters. The van der Waals surface area contributed by atoms with Crippen LogP contribution >= 0.6 is 11.6 Å². The fourth-order valence-electron chi connectivity index (χ4n) is 5.06. The molecule has 0 radical (unpaired) electrons. The van der Waals surface area contributed by atoms with Crippen LogP contribution in [0.4, 0.5) is 4.39 Å². The number of dihydropyridines is 1. The van der Waals surface area contributed by atoms with Crippen molar-refractivity contribution in [2.75, 3.05) is 5.75 Å². The number of fused-ring (bicyclic) bond motifs is 1. The molecule has 0 spiro atoms. The third-order valence-electron chi connectivity index (χ3n) is 6.66. The number of aromatic nitrogens is 2. The Labute approximate surface area is 219 Å². The predicted molar refractivity (Wildman–Crippen MR) is 140 cm³/mol. The maximum Gasteiger partial charge on any atom is 0.420 e. The van der Waals surface area contributed by atoms with Gasteiger partial charge in [-0.05, 0) is 36.1 Å². The molecule has 2 aromatic heterocycles. The molecule has 1 aromatic carbocycles. The van der Waals surface area contributed by atoms with Gasteiger partial charge in [0, 0.05) is 28.5 Å². The lowest BCUT2D eigenvalue weighted by atomic mass is 9.85. The Hall–Kier alpha value is -3.24. The summed E-state index contributed by atoms with van der Waals surface area (Å²) in [5.74, 6) is -1.10. The van der Waals surface area contributed by atoms with Gasteiger partial charge in [0.2, 0.25) is 5.91 Å². The second-order valence-electron chi connectivity index (χ2n) is 9.86. The minimum Gasteiger partial charge on any atom is -0.408 e. The predicted octanol–water partition coefficient (Wildman–Crippen LogP) is 3.70. The van der Waals surface area contributed by atoms with Crippen molar-refractivity contribution in [1.29, 1.82) is 0 Å². The molecule has 2 aliphatic rings. The van der Waals surface area contributed by atoms with Gasteiger partial charge in [-0.3, -0.25) is 18.6 Å². The van der Waals surface area contributed by atoms with E-state index in [1.807, 2.05) is 6.92 Å². The van der Waals surface area contributed by atoms with Gasteiger partial charge in [0.15, 0.2) is 11.4 Å². The molecular formula is C26H26ClFN4O4S. The summed E-state index contributed by atoms with van der Waals surface area (Å²) in [7, 11) is -1.33. The Morgan fingerprint density at radius 1 is 1.38 bits per heavy atom. The Bertz CT molecular complexity index is 1590. The highest BCUT2D eigenvalue weighted by atomic mass is 35.5. The average Bonchev–Trinajstić information content (AvgIpc) is 3.28. The molecule has 11 heteroatoms. The highest BCUT2D eigenvalue weighted by molar-refractivity contribution is 7.90. The topological polar surface area (TPSA) is 120 Å². The molecule has 0 fully saturated rings. The molecule has 3 N–H and O–H groups in total. The zero-order valence-electron chi connectivity index (χ0n) is 20.5. The van der Waals surface area contributed by atoms with Crippen molar-refractivity contribution in [2.24, 2.45) is 17.6 Å². The van der Waals surface area contributed by atoms with E-state index < -0.39 is 28.3 Å². The number of oxazole rings is 1. The lowest BCUT2D eigenvalue weighted by molar-refractivity contribution is -0.114. The third kappa shape index (κ3) is 4.53. The van der Waals surface area contributed by atoms with Gasteiger partial charge >= 0.3 is 5.76 Å². The van der Waals surface area contributed by atoms with E-state index in [1.165, 1.54) is 10.6 Å². The van der Waals surface area contributed by atoms with E-state index in [9.17, 15) is 18.2 Å². The van der Waals surface area contributed by atoms with Crippen molar-refractivity contribution in [3.05, 3.63) is 79.3 Å². The first-order valence-corrected chi connectivity index (χ1v) is 13.6. The summed E-state index contributed by atoms with van der Waals surface area (Å²) < 4.78 is 33.6. The summed E-state index contributed by atoms with van der Waals surface area (Å²) in [6.07, 6.45) is 1.67. The van der Waals surface area contributed by atoms with Crippen LogP contribution in [0.15, 0.2) is 55.8 Å². The van der Waals surface area contributed by atoms with E-state index in [-0.39, 0.29) is 35.0 Å². The van der Waals surface area contributed by atoms with E-state index >= 15 is 0 Å². The number of nitrogens with two attached hydrogens (primary N) is 1. The van der Waals surface area contributed by atoms with Crippen molar-refractivity contribution >= 4 is 45.0 Å². The summed E-state index contributed by atoms with van der Waals surface area (Å²) in [5.41, 5.74) is 9.42. The summed E-state index contributed by atoms with van der Waals surface area (Å²) in [6.45, 7) is 6.15. The fourth-order valence-corrected chi connectivity index (χ4v) is 6.98. The largest absolute Gasteiger partial charge is 0.420 e. The summed E-state index contributed by atoms with van der Waals surface area (Å²) in [5, 5.41) is 3.36. The molecular weight excluding hydrogens is 519 g/mol. The van der Waals surface area contributed by atoms with Crippen LogP contribution in [0.1, 0.15) is 38.4 Å². The van der Waals surface area contributed by atoms with Crippen LogP contribution in [0.5, 0.6) is 0 Å². The van der Waals surface area contributed by atoms with Gasteiger partial charge in [0.1, 0.15) is 0 Å².